The van der Waals surface area contributed by atoms with Crippen LogP contribution in [0.5, 0.6) is 0 Å². The third-order valence-corrected chi connectivity index (χ3v) is 5.86. The van der Waals surface area contributed by atoms with E-state index in [1.165, 1.54) is 0 Å². The van der Waals surface area contributed by atoms with E-state index >= 15 is 0 Å². The van der Waals surface area contributed by atoms with Crippen molar-refractivity contribution >= 4 is 64.1 Å². The van der Waals surface area contributed by atoms with E-state index in [9.17, 15) is 9.59 Å². The predicted octanol–water partition coefficient (Wildman–Crippen LogP) is 6.02. The third kappa shape index (κ3) is 5.70. The van der Waals surface area contributed by atoms with E-state index in [-0.39, 0.29) is 40.3 Å². The number of carbonyl (C=O) groups is 2. The lowest BCUT2D eigenvalue weighted by atomic mass is 10.1. The molecule has 0 radical (unpaired) electrons. The van der Waals surface area contributed by atoms with Crippen LogP contribution in [0, 0.1) is 6.92 Å². The third-order valence-electron chi connectivity index (χ3n) is 5.23. The smallest absolute Gasteiger partial charge is 0.258 e. The van der Waals surface area contributed by atoms with Crippen molar-refractivity contribution in [3.05, 3.63) is 93.4 Å². The number of hydrogen-bond acceptors (Lipinski definition) is 4. The Bertz CT molecular complexity index is 1300. The molecule has 0 unspecified atom stereocenters. The summed E-state index contributed by atoms with van der Waals surface area (Å²) in [6.07, 6.45) is 2.54. The van der Waals surface area contributed by atoms with Crippen LogP contribution in [0.15, 0.2) is 65.2 Å². The molecule has 2 aromatic heterocycles. The van der Waals surface area contributed by atoms with Gasteiger partial charge in [0.2, 0.25) is 5.91 Å². The molecule has 6 nitrogen and oxygen atoms in total. The van der Waals surface area contributed by atoms with Crippen LogP contribution in [-0.2, 0) is 17.6 Å². The van der Waals surface area contributed by atoms with Gasteiger partial charge in [0, 0.05) is 35.8 Å². The van der Waals surface area contributed by atoms with Gasteiger partial charge in [0.05, 0.1) is 27.7 Å². The summed E-state index contributed by atoms with van der Waals surface area (Å²) in [5, 5.41) is 7.01. The first-order valence-electron chi connectivity index (χ1n) is 10.4. The van der Waals surface area contributed by atoms with E-state index in [1.54, 1.807) is 43.5 Å². The number of pyridine rings is 1. The maximum absolute atomic E-state index is 12.8. The number of anilines is 1. The predicted molar refractivity (Wildman–Crippen MR) is 137 cm³/mol. The number of nitrogens with one attached hydrogen (secondary N) is 2. The number of fused-ring (bicyclic) bond motifs is 1. The molecule has 4 rings (SSSR count). The molecule has 2 heterocycles. The highest BCUT2D eigenvalue weighted by Gasteiger charge is 2.20. The molecule has 34 heavy (non-hydrogen) atoms. The molecule has 2 aromatic carbocycles. The van der Waals surface area contributed by atoms with Crippen LogP contribution in [-0.4, -0.2) is 23.3 Å². The largest absolute Gasteiger partial charge is 0.459 e. The normalized spacial score (nSPS) is 10.6. The van der Waals surface area contributed by atoms with E-state index in [0.717, 1.165) is 16.6 Å². The number of benzene rings is 2. The van der Waals surface area contributed by atoms with Crippen molar-refractivity contribution in [1.82, 2.24) is 10.3 Å². The lowest BCUT2D eigenvalue weighted by molar-refractivity contribution is -0.120. The molecule has 2 N–H and O–H groups in total. The van der Waals surface area contributed by atoms with E-state index in [0.29, 0.717) is 30.0 Å². The summed E-state index contributed by atoms with van der Waals surface area (Å²) < 4.78 is 5.93. The van der Waals surface area contributed by atoms with Gasteiger partial charge < -0.3 is 15.1 Å². The van der Waals surface area contributed by atoms with Crippen molar-refractivity contribution < 1.29 is 14.0 Å². The van der Waals surface area contributed by atoms with Crippen molar-refractivity contribution in [2.24, 2.45) is 0 Å². The SMILES string of the molecule is Cc1oc2c(NC(=O)c3c(Cl)cccc3Cl)cccc2c1CC(=O)NCCc1ccccn1.Cl. The van der Waals surface area contributed by atoms with Crippen LogP contribution in [0.25, 0.3) is 11.0 Å². The van der Waals surface area contributed by atoms with Gasteiger partial charge in [-0.3, -0.25) is 14.6 Å². The molecule has 4 aromatic rings. The lowest BCUT2D eigenvalue weighted by Gasteiger charge is -2.09. The minimum Gasteiger partial charge on any atom is -0.459 e. The van der Waals surface area contributed by atoms with E-state index in [4.69, 9.17) is 27.6 Å². The zero-order valence-corrected chi connectivity index (χ0v) is 20.6. The average molecular weight is 519 g/mol. The van der Waals surface area contributed by atoms with Gasteiger partial charge in [-0.15, -0.1) is 12.4 Å². The number of furan rings is 1. The molecule has 0 saturated heterocycles. The first kappa shape index (κ1) is 25.6. The number of aromatic nitrogens is 1. The van der Waals surface area contributed by atoms with Crippen LogP contribution >= 0.6 is 35.6 Å². The Morgan fingerprint density at radius 2 is 1.74 bits per heavy atom. The fourth-order valence-electron chi connectivity index (χ4n) is 3.61. The van der Waals surface area contributed by atoms with Crippen molar-refractivity contribution in [1.29, 1.82) is 0 Å². The zero-order chi connectivity index (χ0) is 23.4. The average Bonchev–Trinajstić information content (AvgIpc) is 3.10. The molecule has 176 valence electrons. The maximum atomic E-state index is 12.8. The second kappa shape index (κ2) is 11.4. The number of aryl methyl sites for hydroxylation is 1. The van der Waals surface area contributed by atoms with Crippen LogP contribution in [0.2, 0.25) is 10.0 Å². The first-order chi connectivity index (χ1) is 15.9. The Kier molecular flexibility index (Phi) is 8.56. The quantitative estimate of drug-likeness (QED) is 0.313. The number of carbonyl (C=O) groups excluding carboxylic acids is 2. The van der Waals surface area contributed by atoms with Gasteiger partial charge in [0.15, 0.2) is 5.58 Å². The molecule has 0 aliphatic carbocycles. The van der Waals surface area contributed by atoms with Gasteiger partial charge >= 0.3 is 0 Å². The van der Waals surface area contributed by atoms with E-state index in [1.807, 2.05) is 24.3 Å². The Balaban J connectivity index is 0.00000324. The first-order valence-corrected chi connectivity index (χ1v) is 11.1. The topological polar surface area (TPSA) is 84.2 Å². The molecule has 0 spiro atoms. The molecular weight excluding hydrogens is 497 g/mol. The van der Waals surface area contributed by atoms with Crippen LogP contribution in [0.3, 0.4) is 0 Å². The molecule has 2 amide bonds. The number of halogens is 3. The number of para-hydroxylation sites is 1. The molecule has 0 aliphatic rings. The van der Waals surface area contributed by atoms with E-state index in [2.05, 4.69) is 15.6 Å². The van der Waals surface area contributed by atoms with Crippen LogP contribution in [0.1, 0.15) is 27.4 Å². The summed E-state index contributed by atoms with van der Waals surface area (Å²) in [5.41, 5.74) is 2.84. The molecule has 0 atom stereocenters. The van der Waals surface area contributed by atoms with Gasteiger partial charge in [-0.1, -0.05) is 47.5 Å². The summed E-state index contributed by atoms with van der Waals surface area (Å²) in [4.78, 5) is 29.6. The second-order valence-electron chi connectivity index (χ2n) is 7.47. The van der Waals surface area contributed by atoms with Crippen molar-refractivity contribution in [3.63, 3.8) is 0 Å². The Morgan fingerprint density at radius 3 is 2.44 bits per heavy atom. The van der Waals surface area contributed by atoms with Gasteiger partial charge in [-0.05, 0) is 37.3 Å². The molecule has 9 heteroatoms. The second-order valence-corrected chi connectivity index (χ2v) is 8.28. The molecule has 0 aliphatic heterocycles. The summed E-state index contributed by atoms with van der Waals surface area (Å²) >= 11 is 12.3. The highest BCUT2D eigenvalue weighted by atomic mass is 35.5. The molecule has 0 saturated carbocycles. The Morgan fingerprint density at radius 1 is 1.00 bits per heavy atom. The number of hydrogen-bond donors (Lipinski definition) is 2. The number of amides is 2. The van der Waals surface area contributed by atoms with Gasteiger partial charge in [-0.2, -0.15) is 0 Å². The fourth-order valence-corrected chi connectivity index (χ4v) is 4.17. The molecule has 0 bridgehead atoms. The van der Waals surface area contributed by atoms with Crippen molar-refractivity contribution in [2.45, 2.75) is 19.8 Å². The monoisotopic (exact) mass is 517 g/mol. The molecular formula is C25H22Cl3N3O3. The van der Waals surface area contributed by atoms with E-state index < -0.39 is 5.91 Å². The lowest BCUT2D eigenvalue weighted by Crippen LogP contribution is -2.27. The Labute approximate surface area is 213 Å². The highest BCUT2D eigenvalue weighted by Crippen LogP contribution is 2.33. The standard InChI is InChI=1S/C25H21Cl2N3O3.ClH/c1-15-18(14-22(31)29-13-11-16-6-2-3-12-28-16)17-7-4-10-21(24(17)33-15)30-25(32)23-19(26)8-5-9-20(23)27;/h2-10,12H,11,13-14H2,1H3,(H,29,31)(H,30,32);1H. The highest BCUT2D eigenvalue weighted by molar-refractivity contribution is 6.40. The molecule has 0 fully saturated rings. The van der Waals surface area contributed by atoms with Crippen LogP contribution in [0.4, 0.5) is 5.69 Å². The van der Waals surface area contributed by atoms with Gasteiger partial charge in [-0.25, -0.2) is 0 Å². The van der Waals surface area contributed by atoms with Crippen molar-refractivity contribution in [3.8, 4) is 0 Å². The van der Waals surface area contributed by atoms with Gasteiger partial charge in [0.1, 0.15) is 5.76 Å². The van der Waals surface area contributed by atoms with Crippen molar-refractivity contribution in [2.75, 3.05) is 11.9 Å². The summed E-state index contributed by atoms with van der Waals surface area (Å²) in [5.74, 6) is 0.0531. The summed E-state index contributed by atoms with van der Waals surface area (Å²) in [6.45, 7) is 2.29. The number of nitrogens with zero attached hydrogens (tertiary/aromatic N) is 1. The Hall–Kier alpha value is -3.06. The minimum atomic E-state index is -0.444. The van der Waals surface area contributed by atoms with Gasteiger partial charge in [0.25, 0.3) is 5.91 Å². The summed E-state index contributed by atoms with van der Waals surface area (Å²) in [7, 11) is 0. The fraction of sp³-hybridized carbons (Fsp3) is 0.160. The van der Waals surface area contributed by atoms with Crippen LogP contribution < -0.4 is 10.6 Å². The number of rotatable bonds is 7. The maximum Gasteiger partial charge on any atom is 0.258 e. The minimum absolute atomic E-state index is 0. The zero-order valence-electron chi connectivity index (χ0n) is 18.2. The summed E-state index contributed by atoms with van der Waals surface area (Å²) in [6, 6.07) is 16.0.